The molecule has 0 saturated heterocycles. The van der Waals surface area contributed by atoms with Gasteiger partial charge in [-0.1, -0.05) is 11.3 Å². The van der Waals surface area contributed by atoms with Crippen molar-refractivity contribution in [3.05, 3.63) is 11.6 Å². The Kier molecular flexibility index (Phi) is 4.29. The second-order valence-corrected chi connectivity index (χ2v) is 4.88. The third kappa shape index (κ3) is 2.36. The van der Waals surface area contributed by atoms with Crippen LogP contribution in [0.2, 0.25) is 0 Å². The van der Waals surface area contributed by atoms with Crippen LogP contribution in [0.5, 0.6) is 11.5 Å². The van der Waals surface area contributed by atoms with Gasteiger partial charge in [-0.05, 0) is 6.92 Å². The lowest BCUT2D eigenvalue weighted by Gasteiger charge is -2.10. The van der Waals surface area contributed by atoms with Gasteiger partial charge in [-0.15, -0.1) is 0 Å². The van der Waals surface area contributed by atoms with Crippen LogP contribution in [-0.4, -0.2) is 38.8 Å². The number of ether oxygens (including phenoxy) is 3. The van der Waals surface area contributed by atoms with Gasteiger partial charge in [0.2, 0.25) is 0 Å². The average molecular weight is 296 g/mol. The van der Waals surface area contributed by atoms with Gasteiger partial charge in [-0.2, -0.15) is 0 Å². The van der Waals surface area contributed by atoms with E-state index in [1.54, 1.807) is 13.2 Å². The van der Waals surface area contributed by atoms with Crippen LogP contribution in [0.4, 0.5) is 5.13 Å². The molecule has 0 atom stereocenters. The van der Waals surface area contributed by atoms with E-state index in [9.17, 15) is 4.79 Å². The number of anilines is 1. The third-order valence-electron chi connectivity index (χ3n) is 2.75. The summed E-state index contributed by atoms with van der Waals surface area (Å²) in [5.74, 6) is 0.591. The molecular formula is C13H16N2O4S. The van der Waals surface area contributed by atoms with Gasteiger partial charge in [0.15, 0.2) is 16.6 Å². The van der Waals surface area contributed by atoms with Crippen molar-refractivity contribution in [2.75, 3.05) is 33.2 Å². The second-order valence-electron chi connectivity index (χ2n) is 3.88. The van der Waals surface area contributed by atoms with Crippen LogP contribution < -0.4 is 14.8 Å². The Bertz CT molecular complexity index is 639. The van der Waals surface area contributed by atoms with Crippen LogP contribution >= 0.6 is 11.3 Å². The number of rotatable bonds is 5. The number of carbonyl (C=O) groups excluding carboxylic acids is 1. The molecule has 1 N–H and O–H groups in total. The van der Waals surface area contributed by atoms with E-state index in [-0.39, 0.29) is 0 Å². The Hall–Kier alpha value is -2.02. The molecule has 1 heterocycles. The molecule has 0 saturated carbocycles. The molecule has 0 amide bonds. The van der Waals surface area contributed by atoms with Crippen molar-refractivity contribution in [1.29, 1.82) is 0 Å². The van der Waals surface area contributed by atoms with E-state index in [2.05, 4.69) is 10.3 Å². The minimum absolute atomic E-state index is 0.362. The summed E-state index contributed by atoms with van der Waals surface area (Å²) in [7, 11) is 4.42. The zero-order valence-corrected chi connectivity index (χ0v) is 12.6. The molecule has 0 spiro atoms. The topological polar surface area (TPSA) is 69.7 Å². The maximum absolute atomic E-state index is 11.9. The van der Waals surface area contributed by atoms with Gasteiger partial charge in [-0.3, -0.25) is 0 Å². The van der Waals surface area contributed by atoms with Crippen molar-refractivity contribution < 1.29 is 19.0 Å². The van der Waals surface area contributed by atoms with Gasteiger partial charge in [0.25, 0.3) is 0 Å². The third-order valence-corrected chi connectivity index (χ3v) is 3.76. The summed E-state index contributed by atoms with van der Waals surface area (Å²) < 4.78 is 16.2. The Morgan fingerprint density at radius 3 is 2.65 bits per heavy atom. The lowest BCUT2D eigenvalue weighted by Crippen LogP contribution is -2.04. The number of hydrogen-bond donors (Lipinski definition) is 1. The second kappa shape index (κ2) is 5.96. The number of hydrogen-bond acceptors (Lipinski definition) is 7. The summed E-state index contributed by atoms with van der Waals surface area (Å²) in [6.45, 7) is 2.72. The molecule has 0 radical (unpaired) electrons. The first kappa shape index (κ1) is 14.4. The van der Waals surface area contributed by atoms with Crippen LogP contribution in [0.15, 0.2) is 6.07 Å². The summed E-state index contributed by atoms with van der Waals surface area (Å²) in [4.78, 5) is 16.3. The molecule has 0 fully saturated rings. The van der Waals surface area contributed by atoms with Crippen LogP contribution in [0.25, 0.3) is 10.2 Å². The highest BCUT2D eigenvalue weighted by Crippen LogP contribution is 2.42. The molecular weight excluding hydrogens is 280 g/mol. The molecule has 0 unspecified atom stereocenters. The smallest absolute Gasteiger partial charge is 0.340 e. The highest BCUT2D eigenvalue weighted by atomic mass is 32.1. The fourth-order valence-corrected chi connectivity index (χ4v) is 2.95. The van der Waals surface area contributed by atoms with Gasteiger partial charge < -0.3 is 19.5 Å². The fraction of sp³-hybridized carbons (Fsp3) is 0.385. The maximum Gasteiger partial charge on any atom is 0.340 e. The number of methoxy groups -OCH3 is 3. The van der Waals surface area contributed by atoms with Crippen molar-refractivity contribution in [1.82, 2.24) is 4.98 Å². The van der Waals surface area contributed by atoms with Crippen molar-refractivity contribution in [3.8, 4) is 11.5 Å². The largest absolute Gasteiger partial charge is 0.493 e. The molecule has 0 aliphatic heterocycles. The van der Waals surface area contributed by atoms with Crippen molar-refractivity contribution in [3.63, 3.8) is 0 Å². The minimum Gasteiger partial charge on any atom is -0.493 e. The minimum atomic E-state index is -0.454. The number of fused-ring (bicyclic) bond motifs is 1. The molecule has 2 aromatic rings. The lowest BCUT2D eigenvalue weighted by atomic mass is 10.1. The molecule has 0 aliphatic carbocycles. The van der Waals surface area contributed by atoms with Crippen LogP contribution in [0.1, 0.15) is 17.3 Å². The Morgan fingerprint density at radius 2 is 2.10 bits per heavy atom. The first-order valence-corrected chi connectivity index (χ1v) is 6.85. The molecule has 1 aromatic carbocycles. The van der Waals surface area contributed by atoms with Crippen molar-refractivity contribution in [2.24, 2.45) is 0 Å². The van der Waals surface area contributed by atoms with Gasteiger partial charge in [0.05, 0.1) is 26.9 Å². The summed E-state index contributed by atoms with van der Waals surface area (Å²) >= 11 is 1.41. The van der Waals surface area contributed by atoms with Gasteiger partial charge in [0.1, 0.15) is 10.2 Å². The van der Waals surface area contributed by atoms with Gasteiger partial charge >= 0.3 is 5.97 Å². The summed E-state index contributed by atoms with van der Waals surface area (Å²) in [6.07, 6.45) is 0. The van der Waals surface area contributed by atoms with E-state index in [0.29, 0.717) is 22.6 Å². The van der Waals surface area contributed by atoms with Gasteiger partial charge in [-0.25, -0.2) is 9.78 Å². The first-order valence-electron chi connectivity index (χ1n) is 6.03. The number of nitrogens with one attached hydrogen (secondary N) is 1. The van der Waals surface area contributed by atoms with Crippen molar-refractivity contribution in [2.45, 2.75) is 6.92 Å². The summed E-state index contributed by atoms with van der Waals surface area (Å²) in [6, 6.07) is 1.59. The number of aromatic nitrogens is 1. The van der Waals surface area contributed by atoms with E-state index >= 15 is 0 Å². The maximum atomic E-state index is 11.9. The van der Waals surface area contributed by atoms with E-state index in [1.807, 2.05) is 6.92 Å². The molecule has 6 nitrogen and oxygen atoms in total. The van der Waals surface area contributed by atoms with Gasteiger partial charge in [0, 0.05) is 12.6 Å². The molecule has 108 valence electrons. The van der Waals surface area contributed by atoms with E-state index < -0.39 is 5.97 Å². The Morgan fingerprint density at radius 1 is 1.35 bits per heavy atom. The highest BCUT2D eigenvalue weighted by Gasteiger charge is 2.22. The highest BCUT2D eigenvalue weighted by molar-refractivity contribution is 7.22. The normalized spacial score (nSPS) is 10.4. The van der Waals surface area contributed by atoms with E-state index in [4.69, 9.17) is 14.2 Å². The van der Waals surface area contributed by atoms with E-state index in [1.165, 1.54) is 25.6 Å². The Labute approximate surface area is 120 Å². The molecule has 7 heteroatoms. The van der Waals surface area contributed by atoms with Crippen molar-refractivity contribution >= 4 is 32.7 Å². The summed E-state index contributed by atoms with van der Waals surface area (Å²) in [5.41, 5.74) is 0.913. The predicted molar refractivity (Wildman–Crippen MR) is 78.2 cm³/mol. The standard InChI is InChI=1S/C13H16N2O4S/c1-5-14-13-15-9-7(12(16)19-4)6-8(17-2)10(18-3)11(9)20-13/h6H,5H2,1-4H3,(H,14,15). The summed E-state index contributed by atoms with van der Waals surface area (Å²) in [5, 5.41) is 3.85. The zero-order chi connectivity index (χ0) is 14.7. The lowest BCUT2D eigenvalue weighted by molar-refractivity contribution is 0.0602. The monoisotopic (exact) mass is 296 g/mol. The first-order chi connectivity index (χ1) is 9.65. The molecule has 2 rings (SSSR count). The van der Waals surface area contributed by atoms with Crippen LogP contribution in [0.3, 0.4) is 0 Å². The number of nitrogens with zero attached hydrogens (tertiary/aromatic N) is 1. The average Bonchev–Trinajstić information content (AvgIpc) is 2.88. The fourth-order valence-electron chi connectivity index (χ4n) is 1.87. The molecule has 1 aromatic heterocycles. The Balaban J connectivity index is 2.75. The predicted octanol–water partition coefficient (Wildman–Crippen LogP) is 2.53. The number of carbonyl (C=O) groups is 1. The zero-order valence-electron chi connectivity index (χ0n) is 11.8. The molecule has 0 aliphatic rings. The quantitative estimate of drug-likeness (QED) is 0.855. The number of thiazole rings is 1. The number of benzene rings is 1. The SMILES string of the molecule is CCNc1nc2c(C(=O)OC)cc(OC)c(OC)c2s1. The van der Waals surface area contributed by atoms with Crippen LogP contribution in [0, 0.1) is 0 Å². The number of esters is 1. The molecule has 20 heavy (non-hydrogen) atoms. The van der Waals surface area contributed by atoms with E-state index in [0.717, 1.165) is 16.4 Å². The van der Waals surface area contributed by atoms with Crippen LogP contribution in [-0.2, 0) is 4.74 Å². The molecule has 0 bridgehead atoms.